The van der Waals surface area contributed by atoms with Crippen LogP contribution in [0.5, 0.6) is 5.75 Å². The molecule has 0 atom stereocenters. The summed E-state index contributed by atoms with van der Waals surface area (Å²) in [6, 6.07) is 12.5. The average Bonchev–Trinajstić information content (AvgIpc) is 2.83. The molecule has 0 aliphatic carbocycles. The van der Waals surface area contributed by atoms with E-state index in [1.165, 1.54) is 5.56 Å². The van der Waals surface area contributed by atoms with E-state index >= 15 is 0 Å². The zero-order valence-electron chi connectivity index (χ0n) is 11.2. The van der Waals surface area contributed by atoms with Crippen LogP contribution < -0.4 is 9.30 Å². The first-order valence-electron chi connectivity index (χ1n) is 6.37. The number of rotatable bonds is 3. The summed E-state index contributed by atoms with van der Waals surface area (Å²) in [6.07, 6.45) is 6.21. The molecular formula is C16H17N2O+. The third-order valence-corrected chi connectivity index (χ3v) is 3.37. The first kappa shape index (κ1) is 11.8. The lowest BCUT2D eigenvalue weighted by Gasteiger charge is -2.05. The van der Waals surface area contributed by atoms with E-state index in [0.717, 1.165) is 23.5 Å². The first-order chi connectivity index (χ1) is 9.29. The van der Waals surface area contributed by atoms with Crippen LogP contribution in [0.3, 0.4) is 0 Å². The molecule has 0 fully saturated rings. The minimum absolute atomic E-state index is 0.844. The zero-order chi connectivity index (χ0) is 13.2. The Bertz CT molecular complexity index is 701. The molecule has 0 unspecified atom stereocenters. The van der Waals surface area contributed by atoms with Crippen LogP contribution in [0.25, 0.3) is 5.65 Å². The van der Waals surface area contributed by atoms with Gasteiger partial charge in [-0.3, -0.25) is 0 Å². The summed E-state index contributed by atoms with van der Waals surface area (Å²) in [4.78, 5) is 0. The number of hydrogen-bond acceptors (Lipinski definition) is 1. The van der Waals surface area contributed by atoms with E-state index in [-0.39, 0.29) is 0 Å². The van der Waals surface area contributed by atoms with Crippen molar-refractivity contribution in [3.63, 3.8) is 0 Å². The second-order valence-electron chi connectivity index (χ2n) is 4.67. The summed E-state index contributed by atoms with van der Waals surface area (Å²) in [7, 11) is 1.72. The molecule has 0 saturated carbocycles. The summed E-state index contributed by atoms with van der Waals surface area (Å²) in [6.45, 7) is 2.91. The van der Waals surface area contributed by atoms with Gasteiger partial charge in [0.15, 0.2) is 0 Å². The topological polar surface area (TPSA) is 17.5 Å². The minimum Gasteiger partial charge on any atom is -0.489 e. The van der Waals surface area contributed by atoms with E-state index in [9.17, 15) is 0 Å². The highest BCUT2D eigenvalue weighted by molar-refractivity contribution is 5.53. The molecule has 0 saturated heterocycles. The number of hydrogen-bond donors (Lipinski definition) is 0. The lowest BCUT2D eigenvalue weighted by Crippen LogP contribution is -2.33. The van der Waals surface area contributed by atoms with E-state index in [2.05, 4.69) is 64.8 Å². The Hall–Kier alpha value is -2.29. The number of nitrogens with zero attached hydrogens (tertiary/aromatic N) is 2. The molecule has 1 aromatic carbocycles. The van der Waals surface area contributed by atoms with E-state index in [0.29, 0.717) is 0 Å². The van der Waals surface area contributed by atoms with Crippen molar-refractivity contribution in [2.75, 3.05) is 7.11 Å². The average molecular weight is 253 g/mol. The lowest BCUT2D eigenvalue weighted by molar-refractivity contribution is -0.662. The summed E-state index contributed by atoms with van der Waals surface area (Å²) in [5.74, 6) is 0.934. The molecule has 96 valence electrons. The number of pyridine rings is 1. The maximum atomic E-state index is 5.55. The highest BCUT2D eigenvalue weighted by Gasteiger charge is 2.17. The summed E-state index contributed by atoms with van der Waals surface area (Å²) in [5.41, 5.74) is 3.52. The van der Waals surface area contributed by atoms with Gasteiger partial charge in [0, 0.05) is 5.56 Å². The Balaban J connectivity index is 2.12. The van der Waals surface area contributed by atoms with Gasteiger partial charge in [0.05, 0.1) is 13.3 Å². The Morgan fingerprint density at radius 1 is 1.11 bits per heavy atom. The van der Waals surface area contributed by atoms with Crippen LogP contribution in [-0.4, -0.2) is 11.5 Å². The molecule has 0 aliphatic rings. The summed E-state index contributed by atoms with van der Waals surface area (Å²) in [5, 5.41) is 0. The monoisotopic (exact) mass is 253 g/mol. The van der Waals surface area contributed by atoms with Crippen LogP contribution in [0.4, 0.5) is 0 Å². The fourth-order valence-corrected chi connectivity index (χ4v) is 2.41. The van der Waals surface area contributed by atoms with Crippen molar-refractivity contribution in [2.24, 2.45) is 0 Å². The van der Waals surface area contributed by atoms with E-state index < -0.39 is 0 Å². The second kappa shape index (κ2) is 4.76. The Labute approximate surface area is 112 Å². The van der Waals surface area contributed by atoms with Gasteiger partial charge in [-0.05, 0) is 18.6 Å². The normalized spacial score (nSPS) is 10.8. The van der Waals surface area contributed by atoms with Crippen molar-refractivity contribution in [3.05, 3.63) is 66.1 Å². The Morgan fingerprint density at radius 2 is 1.89 bits per heavy atom. The van der Waals surface area contributed by atoms with Crippen LogP contribution in [0.2, 0.25) is 0 Å². The molecule has 0 bridgehead atoms. The van der Waals surface area contributed by atoms with Crippen molar-refractivity contribution in [2.45, 2.75) is 13.5 Å². The molecule has 0 amide bonds. The summed E-state index contributed by atoms with van der Waals surface area (Å²) < 4.78 is 9.85. The Kier molecular flexibility index (Phi) is 2.95. The quantitative estimate of drug-likeness (QED) is 0.656. The molecule has 2 heterocycles. The fraction of sp³-hybridized carbons (Fsp3) is 0.188. The van der Waals surface area contributed by atoms with Crippen molar-refractivity contribution in [1.82, 2.24) is 4.40 Å². The largest absolute Gasteiger partial charge is 0.489 e. The van der Waals surface area contributed by atoms with Gasteiger partial charge in [-0.2, -0.15) is 4.40 Å². The molecule has 2 aromatic heterocycles. The predicted octanol–water partition coefficient (Wildman–Crippen LogP) is 2.59. The molecule has 3 heteroatoms. The molecule has 3 rings (SSSR count). The molecule has 3 nitrogen and oxygen atoms in total. The SMILES string of the molecule is COc1c(C)ccn2cc[n+](Cc3ccccc3)c12. The molecule has 0 spiro atoms. The first-order valence-corrected chi connectivity index (χ1v) is 6.37. The number of aryl methyl sites for hydroxylation is 1. The van der Waals surface area contributed by atoms with Crippen LogP contribution >= 0.6 is 0 Å². The van der Waals surface area contributed by atoms with Crippen molar-refractivity contribution in [1.29, 1.82) is 0 Å². The van der Waals surface area contributed by atoms with Gasteiger partial charge >= 0.3 is 5.65 Å². The number of imidazole rings is 1. The highest BCUT2D eigenvalue weighted by Crippen LogP contribution is 2.21. The molecular weight excluding hydrogens is 236 g/mol. The second-order valence-corrected chi connectivity index (χ2v) is 4.67. The number of fused-ring (bicyclic) bond motifs is 1. The number of ether oxygens (including phenoxy) is 1. The van der Waals surface area contributed by atoms with Gasteiger partial charge < -0.3 is 4.74 Å². The maximum absolute atomic E-state index is 5.55. The molecule has 3 aromatic rings. The van der Waals surface area contributed by atoms with Crippen molar-refractivity contribution in [3.8, 4) is 5.75 Å². The standard InChI is InChI=1S/C16H17N2O/c1-13-8-9-17-10-11-18(16(17)15(13)19-2)12-14-6-4-3-5-7-14/h3-11H,12H2,1-2H3/q+1. The number of benzene rings is 1. The molecule has 0 N–H and O–H groups in total. The fourth-order valence-electron chi connectivity index (χ4n) is 2.41. The third-order valence-electron chi connectivity index (χ3n) is 3.37. The van der Waals surface area contributed by atoms with Gasteiger partial charge in [-0.1, -0.05) is 30.3 Å². The zero-order valence-corrected chi connectivity index (χ0v) is 11.2. The minimum atomic E-state index is 0.844. The van der Waals surface area contributed by atoms with Crippen molar-refractivity contribution < 1.29 is 9.30 Å². The Morgan fingerprint density at radius 3 is 2.63 bits per heavy atom. The third kappa shape index (κ3) is 2.08. The maximum Gasteiger partial charge on any atom is 0.329 e. The summed E-state index contributed by atoms with van der Waals surface area (Å²) >= 11 is 0. The number of methoxy groups -OCH3 is 1. The predicted molar refractivity (Wildman–Crippen MR) is 74.4 cm³/mol. The molecule has 0 radical (unpaired) electrons. The lowest BCUT2D eigenvalue weighted by atomic mass is 10.2. The van der Waals surface area contributed by atoms with Gasteiger partial charge in [0.2, 0.25) is 5.75 Å². The van der Waals surface area contributed by atoms with E-state index in [4.69, 9.17) is 4.74 Å². The van der Waals surface area contributed by atoms with Crippen LogP contribution in [0.1, 0.15) is 11.1 Å². The van der Waals surface area contributed by atoms with Crippen LogP contribution in [0, 0.1) is 6.92 Å². The van der Waals surface area contributed by atoms with E-state index in [1.807, 2.05) is 6.07 Å². The smallest absolute Gasteiger partial charge is 0.329 e. The highest BCUT2D eigenvalue weighted by atomic mass is 16.5. The van der Waals surface area contributed by atoms with Crippen LogP contribution in [-0.2, 0) is 6.54 Å². The number of aromatic nitrogens is 2. The van der Waals surface area contributed by atoms with Gasteiger partial charge in [-0.25, -0.2) is 4.57 Å². The van der Waals surface area contributed by atoms with Crippen LogP contribution in [0.15, 0.2) is 55.0 Å². The van der Waals surface area contributed by atoms with E-state index in [1.54, 1.807) is 7.11 Å². The molecule has 0 aliphatic heterocycles. The molecule has 19 heavy (non-hydrogen) atoms. The van der Waals surface area contributed by atoms with Gasteiger partial charge in [0.25, 0.3) is 0 Å². The van der Waals surface area contributed by atoms with Gasteiger partial charge in [0.1, 0.15) is 18.9 Å². The van der Waals surface area contributed by atoms with Crippen molar-refractivity contribution >= 4 is 5.65 Å². The van der Waals surface area contributed by atoms with Gasteiger partial charge in [-0.15, -0.1) is 0 Å².